The predicted molar refractivity (Wildman–Crippen MR) is 90.7 cm³/mol. The molecule has 128 valence electrons. The maximum atomic E-state index is 12.7. The quantitative estimate of drug-likeness (QED) is 0.897. The Labute approximate surface area is 139 Å². The summed E-state index contributed by atoms with van der Waals surface area (Å²) < 4.78 is 26.9. The van der Waals surface area contributed by atoms with Crippen LogP contribution in [0, 0.1) is 0 Å². The van der Waals surface area contributed by atoms with Crippen molar-refractivity contribution in [2.45, 2.75) is 56.9 Å². The summed E-state index contributed by atoms with van der Waals surface area (Å²) >= 11 is 0. The molecule has 1 N–H and O–H groups in total. The Morgan fingerprint density at radius 2 is 1.78 bits per heavy atom. The summed E-state index contributed by atoms with van der Waals surface area (Å²) in [5, 5.41) is 2.94. The lowest BCUT2D eigenvalue weighted by molar-refractivity contribution is -0.121. The van der Waals surface area contributed by atoms with Crippen molar-refractivity contribution in [1.29, 1.82) is 0 Å². The predicted octanol–water partition coefficient (Wildman–Crippen LogP) is 2.49. The highest BCUT2D eigenvalue weighted by Crippen LogP contribution is 2.23. The summed E-state index contributed by atoms with van der Waals surface area (Å²) in [6.07, 6.45) is 1.78. The van der Waals surface area contributed by atoms with Crippen LogP contribution in [0.2, 0.25) is 0 Å². The summed E-state index contributed by atoms with van der Waals surface area (Å²) in [6, 6.07) is 7.22. The molecule has 2 rings (SSSR count). The standard InChI is InChI=1S/C17H26N2O3S/c1-4-17(20)18-15-9-11-19(12-10-15)23(21,22)16-7-5-14(6-8-16)13(2)3/h5-8,13,15H,4,9-12H2,1-3H3,(H,18,20). The first kappa shape index (κ1) is 17.9. The van der Waals surface area contributed by atoms with Gasteiger partial charge in [0.25, 0.3) is 0 Å². The average Bonchev–Trinajstić information content (AvgIpc) is 2.55. The molecule has 0 bridgehead atoms. The molecule has 0 atom stereocenters. The van der Waals surface area contributed by atoms with Crippen LogP contribution in [0.15, 0.2) is 29.2 Å². The number of amides is 1. The molecule has 0 aromatic heterocycles. The van der Waals surface area contributed by atoms with E-state index in [1.807, 2.05) is 19.1 Å². The van der Waals surface area contributed by atoms with Gasteiger partial charge in [-0.05, 0) is 36.5 Å². The maximum Gasteiger partial charge on any atom is 0.243 e. The monoisotopic (exact) mass is 338 g/mol. The second kappa shape index (κ2) is 7.45. The molecular weight excluding hydrogens is 312 g/mol. The number of nitrogens with zero attached hydrogens (tertiary/aromatic N) is 1. The largest absolute Gasteiger partial charge is 0.353 e. The van der Waals surface area contributed by atoms with Gasteiger partial charge in [-0.25, -0.2) is 8.42 Å². The summed E-state index contributed by atoms with van der Waals surface area (Å²) in [6.45, 7) is 6.87. The van der Waals surface area contributed by atoms with Crippen molar-refractivity contribution < 1.29 is 13.2 Å². The van der Waals surface area contributed by atoms with Crippen molar-refractivity contribution in [2.75, 3.05) is 13.1 Å². The third-order valence-electron chi connectivity index (χ3n) is 4.32. The molecule has 0 spiro atoms. The van der Waals surface area contributed by atoms with Crippen molar-refractivity contribution in [3.63, 3.8) is 0 Å². The lowest BCUT2D eigenvalue weighted by atomic mass is 10.0. The van der Waals surface area contributed by atoms with E-state index >= 15 is 0 Å². The molecule has 1 saturated heterocycles. The Kier molecular flexibility index (Phi) is 5.81. The third kappa shape index (κ3) is 4.32. The number of carbonyl (C=O) groups is 1. The summed E-state index contributed by atoms with van der Waals surface area (Å²) in [5.74, 6) is 0.403. The van der Waals surface area contributed by atoms with Crippen LogP contribution in [0.5, 0.6) is 0 Å². The van der Waals surface area contributed by atoms with Gasteiger partial charge in [-0.1, -0.05) is 32.9 Å². The number of benzene rings is 1. The van der Waals surface area contributed by atoms with Gasteiger partial charge in [0.1, 0.15) is 0 Å². The Morgan fingerprint density at radius 1 is 1.22 bits per heavy atom. The molecule has 0 radical (unpaired) electrons. The normalized spacial score (nSPS) is 17.4. The van der Waals surface area contributed by atoms with Gasteiger partial charge in [-0.15, -0.1) is 0 Å². The van der Waals surface area contributed by atoms with Crippen LogP contribution in [-0.2, 0) is 14.8 Å². The van der Waals surface area contributed by atoms with Gasteiger partial charge < -0.3 is 5.32 Å². The average molecular weight is 338 g/mol. The minimum Gasteiger partial charge on any atom is -0.353 e. The van der Waals surface area contributed by atoms with E-state index in [-0.39, 0.29) is 11.9 Å². The fraction of sp³-hybridized carbons (Fsp3) is 0.588. The number of piperidine rings is 1. The van der Waals surface area contributed by atoms with E-state index in [4.69, 9.17) is 0 Å². The Balaban J connectivity index is 2.02. The highest BCUT2D eigenvalue weighted by molar-refractivity contribution is 7.89. The van der Waals surface area contributed by atoms with Crippen molar-refractivity contribution in [2.24, 2.45) is 0 Å². The van der Waals surface area contributed by atoms with Gasteiger partial charge in [0.2, 0.25) is 15.9 Å². The van der Waals surface area contributed by atoms with Crippen molar-refractivity contribution in [1.82, 2.24) is 9.62 Å². The van der Waals surface area contributed by atoms with Crippen LogP contribution in [0.1, 0.15) is 51.5 Å². The van der Waals surface area contributed by atoms with Crippen LogP contribution in [-0.4, -0.2) is 37.8 Å². The molecule has 5 nitrogen and oxygen atoms in total. The zero-order chi connectivity index (χ0) is 17.0. The number of hydrogen-bond donors (Lipinski definition) is 1. The smallest absolute Gasteiger partial charge is 0.243 e. The third-order valence-corrected chi connectivity index (χ3v) is 6.24. The first-order valence-electron chi connectivity index (χ1n) is 8.24. The molecule has 0 unspecified atom stereocenters. The van der Waals surface area contributed by atoms with E-state index in [1.54, 1.807) is 12.1 Å². The molecule has 0 aliphatic carbocycles. The topological polar surface area (TPSA) is 66.5 Å². The second-order valence-corrected chi connectivity index (χ2v) is 8.26. The molecule has 1 aliphatic rings. The lowest BCUT2D eigenvalue weighted by Crippen LogP contribution is -2.46. The van der Waals surface area contributed by atoms with E-state index in [0.29, 0.717) is 43.2 Å². The Morgan fingerprint density at radius 3 is 2.26 bits per heavy atom. The molecular formula is C17H26N2O3S. The molecule has 1 fully saturated rings. The number of hydrogen-bond acceptors (Lipinski definition) is 3. The minimum absolute atomic E-state index is 0.0237. The zero-order valence-electron chi connectivity index (χ0n) is 14.1. The maximum absolute atomic E-state index is 12.7. The molecule has 23 heavy (non-hydrogen) atoms. The first-order valence-corrected chi connectivity index (χ1v) is 9.68. The number of carbonyl (C=O) groups excluding carboxylic acids is 1. The van der Waals surface area contributed by atoms with E-state index < -0.39 is 10.0 Å². The van der Waals surface area contributed by atoms with E-state index in [9.17, 15) is 13.2 Å². The van der Waals surface area contributed by atoms with Crippen molar-refractivity contribution >= 4 is 15.9 Å². The van der Waals surface area contributed by atoms with Crippen LogP contribution < -0.4 is 5.32 Å². The molecule has 0 saturated carbocycles. The summed E-state index contributed by atoms with van der Waals surface area (Å²) in [4.78, 5) is 11.8. The Bertz CT molecular complexity index is 630. The second-order valence-electron chi connectivity index (χ2n) is 6.32. The van der Waals surface area contributed by atoms with Crippen LogP contribution in [0.25, 0.3) is 0 Å². The van der Waals surface area contributed by atoms with E-state index in [1.165, 1.54) is 4.31 Å². The molecule has 6 heteroatoms. The highest BCUT2D eigenvalue weighted by atomic mass is 32.2. The van der Waals surface area contributed by atoms with Gasteiger partial charge in [0.15, 0.2) is 0 Å². The van der Waals surface area contributed by atoms with Crippen LogP contribution >= 0.6 is 0 Å². The fourth-order valence-electron chi connectivity index (χ4n) is 2.74. The lowest BCUT2D eigenvalue weighted by Gasteiger charge is -2.31. The van der Waals surface area contributed by atoms with E-state index in [0.717, 1.165) is 5.56 Å². The fourth-order valence-corrected chi connectivity index (χ4v) is 4.21. The van der Waals surface area contributed by atoms with Crippen molar-refractivity contribution in [3.8, 4) is 0 Å². The Hall–Kier alpha value is -1.40. The molecule has 1 aromatic rings. The van der Waals surface area contributed by atoms with Gasteiger partial charge in [0, 0.05) is 25.6 Å². The van der Waals surface area contributed by atoms with Crippen LogP contribution in [0.3, 0.4) is 0 Å². The molecule has 1 aromatic carbocycles. The van der Waals surface area contributed by atoms with Crippen molar-refractivity contribution in [3.05, 3.63) is 29.8 Å². The van der Waals surface area contributed by atoms with Gasteiger partial charge in [0.05, 0.1) is 4.90 Å². The number of rotatable bonds is 5. The molecule has 1 amide bonds. The summed E-state index contributed by atoms with van der Waals surface area (Å²) in [7, 11) is -3.44. The molecule has 1 heterocycles. The van der Waals surface area contributed by atoms with Gasteiger partial charge in [-0.3, -0.25) is 4.79 Å². The first-order chi connectivity index (χ1) is 10.8. The number of nitrogens with one attached hydrogen (secondary N) is 1. The zero-order valence-corrected chi connectivity index (χ0v) is 14.9. The highest BCUT2D eigenvalue weighted by Gasteiger charge is 2.29. The van der Waals surface area contributed by atoms with Gasteiger partial charge in [-0.2, -0.15) is 4.31 Å². The summed E-state index contributed by atoms with van der Waals surface area (Å²) in [5.41, 5.74) is 1.13. The molecule has 1 aliphatic heterocycles. The number of sulfonamides is 1. The SMILES string of the molecule is CCC(=O)NC1CCN(S(=O)(=O)c2ccc(C(C)C)cc2)CC1. The van der Waals surface area contributed by atoms with Gasteiger partial charge >= 0.3 is 0 Å². The van der Waals surface area contributed by atoms with E-state index in [2.05, 4.69) is 19.2 Å². The van der Waals surface area contributed by atoms with Crippen LogP contribution in [0.4, 0.5) is 0 Å². The minimum atomic E-state index is -3.44.